The lowest BCUT2D eigenvalue weighted by Crippen LogP contribution is -2.10. The summed E-state index contributed by atoms with van der Waals surface area (Å²) < 4.78 is 6.62. The van der Waals surface area contributed by atoms with Crippen molar-refractivity contribution in [1.82, 2.24) is 0 Å². The second kappa shape index (κ2) is 15.1. The van der Waals surface area contributed by atoms with Crippen LogP contribution in [-0.2, 0) is 0 Å². The second-order valence-corrected chi connectivity index (χ2v) is 15.3. The fourth-order valence-electron chi connectivity index (χ4n) is 8.68. The van der Waals surface area contributed by atoms with Crippen LogP contribution in [0.5, 0.6) is 0 Å². The average molecular weight is 766 g/mol. The first-order valence-corrected chi connectivity index (χ1v) is 20.5. The van der Waals surface area contributed by atoms with Crippen LogP contribution in [0.3, 0.4) is 0 Å². The standard InChI is InChI=1S/C58H39NO/c1-4-14-40(15-5-1)43-26-28-44(29-27-43)45-30-33-50(34-31-45)59(52-38-48(41-16-6-2-7-17-41)36-49(39-52)42-18-8-3-9-19-42)51-22-12-21-47(37-51)53-24-13-25-56-57(53)55-35-32-46-20-10-11-23-54(46)58(55)60-56/h1-39H. The Kier molecular flexibility index (Phi) is 8.87. The van der Waals surface area contributed by atoms with Gasteiger partial charge in [0.2, 0.25) is 0 Å². The number of benzene rings is 10. The molecule has 0 radical (unpaired) electrons. The number of furan rings is 1. The molecule has 11 aromatic rings. The summed E-state index contributed by atoms with van der Waals surface area (Å²) in [5.74, 6) is 0. The van der Waals surface area contributed by atoms with Crippen LogP contribution in [0.25, 0.3) is 88.3 Å². The topological polar surface area (TPSA) is 16.4 Å². The minimum absolute atomic E-state index is 0.886. The molecule has 11 rings (SSSR count). The molecule has 2 nitrogen and oxygen atoms in total. The molecular weight excluding hydrogens is 727 g/mol. The fraction of sp³-hybridized carbons (Fsp3) is 0. The van der Waals surface area contributed by atoms with Gasteiger partial charge in [-0.25, -0.2) is 0 Å². The van der Waals surface area contributed by atoms with Gasteiger partial charge in [0, 0.05) is 33.2 Å². The second-order valence-electron chi connectivity index (χ2n) is 15.3. The van der Waals surface area contributed by atoms with E-state index in [1.54, 1.807) is 0 Å². The molecule has 0 saturated carbocycles. The van der Waals surface area contributed by atoms with Gasteiger partial charge >= 0.3 is 0 Å². The molecule has 0 spiro atoms. The van der Waals surface area contributed by atoms with Crippen LogP contribution in [0.4, 0.5) is 17.1 Å². The highest BCUT2D eigenvalue weighted by Gasteiger charge is 2.19. The summed E-state index contributed by atoms with van der Waals surface area (Å²) in [4.78, 5) is 2.39. The molecule has 0 atom stereocenters. The molecule has 1 aromatic heterocycles. The van der Waals surface area contributed by atoms with Gasteiger partial charge < -0.3 is 9.32 Å². The Balaban J connectivity index is 1.07. The van der Waals surface area contributed by atoms with Gasteiger partial charge in [-0.1, -0.05) is 182 Å². The van der Waals surface area contributed by atoms with Crippen LogP contribution in [0.1, 0.15) is 0 Å². The summed E-state index contributed by atoms with van der Waals surface area (Å²) in [7, 11) is 0. The number of hydrogen-bond donors (Lipinski definition) is 0. The molecule has 0 saturated heterocycles. The Bertz CT molecular complexity index is 3220. The van der Waals surface area contributed by atoms with Crippen molar-refractivity contribution in [1.29, 1.82) is 0 Å². The maximum atomic E-state index is 6.62. The summed E-state index contributed by atoms with van der Waals surface area (Å²) in [6.07, 6.45) is 0. The first kappa shape index (κ1) is 35.2. The van der Waals surface area contributed by atoms with Crippen LogP contribution in [0.2, 0.25) is 0 Å². The van der Waals surface area contributed by atoms with Crippen molar-refractivity contribution in [2.75, 3.05) is 4.90 Å². The van der Waals surface area contributed by atoms with Crippen LogP contribution in [0.15, 0.2) is 241 Å². The lowest BCUT2D eigenvalue weighted by atomic mass is 9.96. The van der Waals surface area contributed by atoms with Gasteiger partial charge in [0.15, 0.2) is 0 Å². The lowest BCUT2D eigenvalue weighted by Gasteiger charge is -2.27. The van der Waals surface area contributed by atoms with Gasteiger partial charge in [-0.15, -0.1) is 0 Å². The molecule has 0 aliphatic rings. The molecule has 0 fully saturated rings. The molecule has 0 N–H and O–H groups in total. The van der Waals surface area contributed by atoms with Gasteiger partial charge in [-0.2, -0.15) is 0 Å². The molecular formula is C58H39NO. The minimum atomic E-state index is 0.886. The van der Waals surface area contributed by atoms with Gasteiger partial charge in [0.25, 0.3) is 0 Å². The molecule has 0 bridgehead atoms. The van der Waals surface area contributed by atoms with E-state index in [1.807, 2.05) is 0 Å². The summed E-state index contributed by atoms with van der Waals surface area (Å²) >= 11 is 0. The summed E-state index contributed by atoms with van der Waals surface area (Å²) in [5, 5.41) is 4.55. The predicted molar refractivity (Wildman–Crippen MR) is 253 cm³/mol. The van der Waals surface area contributed by atoms with Gasteiger partial charge in [-0.3, -0.25) is 0 Å². The maximum Gasteiger partial charge on any atom is 0.143 e. The molecule has 2 heteroatoms. The highest BCUT2D eigenvalue weighted by Crippen LogP contribution is 2.44. The van der Waals surface area contributed by atoms with Crippen LogP contribution >= 0.6 is 0 Å². The van der Waals surface area contributed by atoms with E-state index in [9.17, 15) is 0 Å². The minimum Gasteiger partial charge on any atom is -0.455 e. The van der Waals surface area contributed by atoms with E-state index in [-0.39, 0.29) is 0 Å². The third-order valence-corrected chi connectivity index (χ3v) is 11.6. The van der Waals surface area contributed by atoms with E-state index in [0.717, 1.165) is 66.6 Å². The molecule has 0 amide bonds. The number of anilines is 3. The van der Waals surface area contributed by atoms with E-state index in [1.165, 1.54) is 38.8 Å². The Morgan fingerprint density at radius 1 is 0.283 bits per heavy atom. The normalized spacial score (nSPS) is 11.3. The van der Waals surface area contributed by atoms with Crippen molar-refractivity contribution in [3.63, 3.8) is 0 Å². The fourth-order valence-corrected chi connectivity index (χ4v) is 8.68. The molecule has 0 aliphatic heterocycles. The van der Waals surface area contributed by atoms with E-state index >= 15 is 0 Å². The quantitative estimate of drug-likeness (QED) is 0.153. The molecule has 0 unspecified atom stereocenters. The first-order valence-electron chi connectivity index (χ1n) is 20.5. The highest BCUT2D eigenvalue weighted by atomic mass is 16.3. The van der Waals surface area contributed by atoms with Crippen LogP contribution in [0, 0.1) is 0 Å². The van der Waals surface area contributed by atoms with Gasteiger partial charge in [0.1, 0.15) is 11.2 Å². The van der Waals surface area contributed by atoms with Crippen molar-refractivity contribution in [2.24, 2.45) is 0 Å². The summed E-state index contributed by atoms with van der Waals surface area (Å²) in [5.41, 5.74) is 16.7. The summed E-state index contributed by atoms with van der Waals surface area (Å²) in [6.45, 7) is 0. The van der Waals surface area contributed by atoms with Crippen LogP contribution < -0.4 is 4.90 Å². The number of rotatable bonds is 8. The lowest BCUT2D eigenvalue weighted by molar-refractivity contribution is 0.673. The van der Waals surface area contributed by atoms with Crippen molar-refractivity contribution < 1.29 is 4.42 Å². The van der Waals surface area contributed by atoms with Gasteiger partial charge in [0.05, 0.1) is 0 Å². The van der Waals surface area contributed by atoms with E-state index in [4.69, 9.17) is 4.42 Å². The summed E-state index contributed by atoms with van der Waals surface area (Å²) in [6, 6.07) is 84.9. The third kappa shape index (κ3) is 6.51. The van der Waals surface area contributed by atoms with Crippen molar-refractivity contribution in [3.05, 3.63) is 237 Å². The number of nitrogens with zero attached hydrogens (tertiary/aromatic N) is 1. The smallest absolute Gasteiger partial charge is 0.143 e. The highest BCUT2D eigenvalue weighted by molar-refractivity contribution is 6.19. The Hall–Kier alpha value is -7.94. The monoisotopic (exact) mass is 765 g/mol. The van der Waals surface area contributed by atoms with E-state index in [0.29, 0.717) is 0 Å². The van der Waals surface area contributed by atoms with Gasteiger partial charge in [-0.05, 0) is 116 Å². The number of fused-ring (bicyclic) bond motifs is 5. The van der Waals surface area contributed by atoms with Crippen molar-refractivity contribution in [3.8, 4) is 55.6 Å². The SMILES string of the molecule is c1ccc(-c2ccc(-c3ccc(N(c4cc(-c5ccccc5)cc(-c5ccccc5)c4)c4cccc(-c5cccc6oc7c8ccccc8ccc7c56)c4)cc3)cc2)cc1. The zero-order valence-electron chi connectivity index (χ0n) is 32.9. The van der Waals surface area contributed by atoms with Crippen molar-refractivity contribution >= 4 is 49.8 Å². The molecule has 10 aromatic carbocycles. The average Bonchev–Trinajstić information content (AvgIpc) is 3.73. The zero-order chi connectivity index (χ0) is 39.8. The molecule has 1 heterocycles. The number of hydrogen-bond acceptors (Lipinski definition) is 2. The Morgan fingerprint density at radius 3 is 1.42 bits per heavy atom. The molecule has 60 heavy (non-hydrogen) atoms. The first-order chi connectivity index (χ1) is 29.7. The van der Waals surface area contributed by atoms with Crippen molar-refractivity contribution in [2.45, 2.75) is 0 Å². The van der Waals surface area contributed by atoms with E-state index < -0.39 is 0 Å². The maximum absolute atomic E-state index is 6.62. The predicted octanol–water partition coefficient (Wildman–Crippen LogP) is 16.5. The molecule has 0 aliphatic carbocycles. The molecule has 282 valence electrons. The zero-order valence-corrected chi connectivity index (χ0v) is 32.9. The largest absolute Gasteiger partial charge is 0.455 e. The Labute approximate surface area is 349 Å². The van der Waals surface area contributed by atoms with E-state index in [2.05, 4.69) is 241 Å². The Morgan fingerprint density at radius 2 is 0.783 bits per heavy atom. The van der Waals surface area contributed by atoms with Crippen LogP contribution in [-0.4, -0.2) is 0 Å². The third-order valence-electron chi connectivity index (χ3n) is 11.6.